The molecule has 4 heterocycles. The molecule has 0 unspecified atom stereocenters. The van der Waals surface area contributed by atoms with Crippen molar-refractivity contribution in [3.63, 3.8) is 0 Å². The van der Waals surface area contributed by atoms with Gasteiger partial charge in [0.1, 0.15) is 0 Å². The monoisotopic (exact) mass is 387 g/mol. The number of fused-ring (bicyclic) bond motifs is 3. The van der Waals surface area contributed by atoms with E-state index in [-0.39, 0.29) is 11.7 Å². The summed E-state index contributed by atoms with van der Waals surface area (Å²) in [6.07, 6.45) is 7.14. The Morgan fingerprint density at radius 1 is 1.24 bits per heavy atom. The summed E-state index contributed by atoms with van der Waals surface area (Å²) in [4.78, 5) is 19.9. The third-order valence-electron chi connectivity index (χ3n) is 5.96. The number of pyridine rings is 1. The molecule has 0 saturated carbocycles. The highest BCUT2D eigenvalue weighted by Crippen LogP contribution is 2.31. The van der Waals surface area contributed by atoms with Crippen molar-refractivity contribution in [3.8, 4) is 17.2 Å². The van der Waals surface area contributed by atoms with Crippen LogP contribution in [0.1, 0.15) is 18.9 Å². The van der Waals surface area contributed by atoms with Gasteiger partial charge in [-0.05, 0) is 30.5 Å². The van der Waals surface area contributed by atoms with Gasteiger partial charge in [0, 0.05) is 43.3 Å². The molecule has 1 aliphatic heterocycles. The zero-order chi connectivity index (χ0) is 20.0. The molecule has 1 N–H and O–H groups in total. The number of aromatic amines is 1. The number of hydrogen-bond donors (Lipinski definition) is 1. The fourth-order valence-corrected chi connectivity index (χ4v) is 4.39. The van der Waals surface area contributed by atoms with Crippen LogP contribution in [0.15, 0.2) is 41.6 Å². The van der Waals surface area contributed by atoms with E-state index in [1.165, 1.54) is 0 Å². The minimum Gasteiger partial charge on any atom is -0.293 e. The van der Waals surface area contributed by atoms with E-state index in [0.717, 1.165) is 59.0 Å². The lowest BCUT2D eigenvalue weighted by Crippen LogP contribution is -2.37. The maximum atomic E-state index is 13.2. The number of nitrogens with one attached hydrogen (secondary N) is 1. The van der Waals surface area contributed by atoms with E-state index in [2.05, 4.69) is 32.2 Å². The Balaban J connectivity index is 1.69. The highest BCUT2D eigenvalue weighted by Gasteiger charge is 2.25. The summed E-state index contributed by atoms with van der Waals surface area (Å²) in [6.45, 7) is 2.09. The SMILES string of the molecule is Cn1c(=O)n(C2CCN(CC#N)CC2)c2c3cc(-c4cn[nH]c4)ccc3ncc21. The molecule has 0 bridgehead atoms. The number of nitriles is 1. The second-order valence-electron chi connectivity index (χ2n) is 7.59. The maximum absolute atomic E-state index is 13.2. The van der Waals surface area contributed by atoms with Gasteiger partial charge in [-0.15, -0.1) is 0 Å². The number of H-pyrrole nitrogens is 1. The lowest BCUT2D eigenvalue weighted by atomic mass is 10.0. The first-order chi connectivity index (χ1) is 14.2. The first-order valence-corrected chi connectivity index (χ1v) is 9.75. The van der Waals surface area contributed by atoms with Crippen molar-refractivity contribution in [1.82, 2.24) is 29.2 Å². The van der Waals surface area contributed by atoms with Crippen LogP contribution in [0.2, 0.25) is 0 Å². The van der Waals surface area contributed by atoms with E-state index >= 15 is 0 Å². The van der Waals surface area contributed by atoms with E-state index in [1.54, 1.807) is 24.0 Å². The van der Waals surface area contributed by atoms with Gasteiger partial charge in [-0.3, -0.25) is 24.1 Å². The molecule has 0 radical (unpaired) electrons. The van der Waals surface area contributed by atoms with Gasteiger partial charge in [0.25, 0.3) is 0 Å². The van der Waals surface area contributed by atoms with Gasteiger partial charge in [-0.2, -0.15) is 10.4 Å². The first-order valence-electron chi connectivity index (χ1n) is 9.75. The molecule has 1 fully saturated rings. The normalized spacial score (nSPS) is 15.9. The third-order valence-corrected chi connectivity index (χ3v) is 5.96. The summed E-state index contributed by atoms with van der Waals surface area (Å²) >= 11 is 0. The number of piperidine rings is 1. The minimum atomic E-state index is -0.0123. The maximum Gasteiger partial charge on any atom is 0.329 e. The third kappa shape index (κ3) is 2.82. The zero-order valence-corrected chi connectivity index (χ0v) is 16.2. The first kappa shape index (κ1) is 17.6. The fourth-order valence-electron chi connectivity index (χ4n) is 4.39. The summed E-state index contributed by atoms with van der Waals surface area (Å²) in [7, 11) is 1.80. The Morgan fingerprint density at radius 2 is 2.07 bits per heavy atom. The van der Waals surface area contributed by atoms with Crippen LogP contribution in [0, 0.1) is 11.3 Å². The van der Waals surface area contributed by atoms with Crippen LogP contribution in [-0.2, 0) is 7.05 Å². The van der Waals surface area contributed by atoms with Gasteiger partial charge < -0.3 is 0 Å². The van der Waals surface area contributed by atoms with Crippen LogP contribution in [-0.4, -0.2) is 48.8 Å². The van der Waals surface area contributed by atoms with Gasteiger partial charge in [-0.25, -0.2) is 4.79 Å². The zero-order valence-electron chi connectivity index (χ0n) is 16.2. The smallest absolute Gasteiger partial charge is 0.293 e. The molecule has 8 nitrogen and oxygen atoms in total. The van der Waals surface area contributed by atoms with Gasteiger partial charge >= 0.3 is 5.69 Å². The number of nitrogens with zero attached hydrogens (tertiary/aromatic N) is 6. The Kier molecular flexibility index (Phi) is 4.18. The molecule has 1 aromatic carbocycles. The number of aromatic nitrogens is 5. The van der Waals surface area contributed by atoms with Crippen LogP contribution >= 0.6 is 0 Å². The predicted molar refractivity (Wildman–Crippen MR) is 110 cm³/mol. The van der Waals surface area contributed by atoms with E-state index in [1.807, 2.05) is 22.9 Å². The number of likely N-dealkylation sites (tertiary alicyclic amines) is 1. The van der Waals surface area contributed by atoms with E-state index < -0.39 is 0 Å². The lowest BCUT2D eigenvalue weighted by Gasteiger charge is -2.31. The summed E-state index contributed by atoms with van der Waals surface area (Å²) in [5.41, 5.74) is 4.66. The fraction of sp³-hybridized carbons (Fsp3) is 0.333. The van der Waals surface area contributed by atoms with E-state index in [9.17, 15) is 4.79 Å². The van der Waals surface area contributed by atoms with Crippen molar-refractivity contribution in [2.24, 2.45) is 7.05 Å². The Hall–Kier alpha value is -3.44. The summed E-state index contributed by atoms with van der Waals surface area (Å²) in [5.74, 6) is 0. The van der Waals surface area contributed by atoms with Gasteiger partial charge in [-0.1, -0.05) is 6.07 Å². The number of hydrogen-bond acceptors (Lipinski definition) is 5. The van der Waals surface area contributed by atoms with Gasteiger partial charge in [0.05, 0.1) is 41.6 Å². The molecular formula is C21H21N7O. The van der Waals surface area contributed by atoms with Crippen molar-refractivity contribution >= 4 is 21.9 Å². The number of benzene rings is 1. The van der Waals surface area contributed by atoms with Crippen LogP contribution in [0.3, 0.4) is 0 Å². The molecule has 146 valence electrons. The largest absolute Gasteiger partial charge is 0.329 e. The molecule has 4 aromatic rings. The van der Waals surface area contributed by atoms with E-state index in [0.29, 0.717) is 6.54 Å². The Labute approximate surface area is 167 Å². The molecule has 5 rings (SSSR count). The average molecular weight is 387 g/mol. The van der Waals surface area contributed by atoms with Crippen molar-refractivity contribution in [3.05, 3.63) is 47.3 Å². The molecule has 29 heavy (non-hydrogen) atoms. The van der Waals surface area contributed by atoms with Crippen LogP contribution in [0.5, 0.6) is 0 Å². The molecule has 3 aromatic heterocycles. The molecule has 0 spiro atoms. The lowest BCUT2D eigenvalue weighted by molar-refractivity contribution is 0.204. The second-order valence-corrected chi connectivity index (χ2v) is 7.59. The summed E-state index contributed by atoms with van der Waals surface area (Å²) < 4.78 is 3.64. The van der Waals surface area contributed by atoms with Crippen LogP contribution in [0.25, 0.3) is 33.1 Å². The summed E-state index contributed by atoms with van der Waals surface area (Å²) in [5, 5.41) is 16.8. The number of aryl methyl sites for hydroxylation is 1. The average Bonchev–Trinajstić information content (AvgIpc) is 3.37. The predicted octanol–water partition coefficient (Wildman–Crippen LogP) is 2.44. The quantitative estimate of drug-likeness (QED) is 0.545. The molecule has 1 aliphatic rings. The van der Waals surface area contributed by atoms with Crippen molar-refractivity contribution in [2.45, 2.75) is 18.9 Å². The van der Waals surface area contributed by atoms with Crippen LogP contribution in [0.4, 0.5) is 0 Å². The van der Waals surface area contributed by atoms with E-state index in [4.69, 9.17) is 5.26 Å². The standard InChI is InChI=1S/C21H21N7O/c1-26-19-13-23-18-3-2-14(15-11-24-25-12-15)10-17(18)20(19)28(21(26)29)16-4-7-27(8-5-16)9-6-22/h2-3,10-13,16H,4-5,7-9H2,1H3,(H,24,25). The van der Waals surface area contributed by atoms with Crippen molar-refractivity contribution in [2.75, 3.05) is 19.6 Å². The number of imidazole rings is 1. The topological polar surface area (TPSA) is 95.5 Å². The second kappa shape index (κ2) is 6.87. The van der Waals surface area contributed by atoms with Crippen LogP contribution < -0.4 is 5.69 Å². The highest BCUT2D eigenvalue weighted by atomic mass is 16.1. The Bertz CT molecular complexity index is 1280. The number of rotatable bonds is 3. The van der Waals surface area contributed by atoms with Crippen molar-refractivity contribution in [1.29, 1.82) is 5.26 Å². The molecule has 8 heteroatoms. The summed E-state index contributed by atoms with van der Waals surface area (Å²) in [6, 6.07) is 8.45. The molecule has 0 atom stereocenters. The van der Waals surface area contributed by atoms with Gasteiger partial charge in [0.2, 0.25) is 0 Å². The minimum absolute atomic E-state index is 0.0123. The molecule has 0 aliphatic carbocycles. The Morgan fingerprint density at radius 3 is 2.79 bits per heavy atom. The molecular weight excluding hydrogens is 366 g/mol. The van der Waals surface area contributed by atoms with Gasteiger partial charge in [0.15, 0.2) is 0 Å². The highest BCUT2D eigenvalue weighted by molar-refractivity contribution is 6.04. The molecule has 1 saturated heterocycles. The molecule has 0 amide bonds. The van der Waals surface area contributed by atoms with Crippen molar-refractivity contribution < 1.29 is 0 Å².